The molecule has 2 aromatic carbocycles. The molecule has 1 N–H and O–H groups in total. The van der Waals surface area contributed by atoms with Gasteiger partial charge >= 0.3 is 0 Å². The highest BCUT2D eigenvalue weighted by Gasteiger charge is 2.18. The number of aromatic amines is 1. The van der Waals surface area contributed by atoms with Gasteiger partial charge in [-0.25, -0.2) is 9.97 Å². The predicted octanol–water partition coefficient (Wildman–Crippen LogP) is 5.31. The maximum Gasteiger partial charge on any atom is 0.120 e. The number of H-pyrrole nitrogens is 1. The number of nitrogens with zero attached hydrogens (tertiary/aromatic N) is 3. The third-order valence-electron chi connectivity index (χ3n) is 4.71. The molecule has 0 fully saturated rings. The van der Waals surface area contributed by atoms with Gasteiger partial charge in [0.1, 0.15) is 11.6 Å². The van der Waals surface area contributed by atoms with Crippen LogP contribution in [-0.2, 0) is 6.54 Å². The zero-order chi connectivity index (χ0) is 18.6. The van der Waals surface area contributed by atoms with Gasteiger partial charge in [-0.1, -0.05) is 60.7 Å². The van der Waals surface area contributed by atoms with Crippen LogP contribution in [0.25, 0.3) is 22.5 Å². The standard InChI is InChI=1S/C22H22N4S/c1-16-23-13-15-26(16)14-12-19(27)22-24-20(17-8-4-2-5-9-17)21(25-22)18-10-6-3-7-11-18/h2-11,13,15,19,27H,12,14H2,1H3,(H,24,25). The first-order valence-corrected chi connectivity index (χ1v) is 9.60. The van der Waals surface area contributed by atoms with Crippen molar-refractivity contribution in [3.05, 3.63) is 84.7 Å². The van der Waals surface area contributed by atoms with Crippen molar-refractivity contribution >= 4 is 12.6 Å². The number of hydrogen-bond acceptors (Lipinski definition) is 3. The third-order valence-corrected chi connectivity index (χ3v) is 5.22. The number of rotatable bonds is 6. The summed E-state index contributed by atoms with van der Waals surface area (Å²) in [5.41, 5.74) is 4.23. The Morgan fingerprint density at radius 2 is 1.67 bits per heavy atom. The maximum atomic E-state index is 4.92. The Hall–Kier alpha value is -2.79. The lowest BCUT2D eigenvalue weighted by Gasteiger charge is -2.09. The highest BCUT2D eigenvalue weighted by molar-refractivity contribution is 7.80. The fraction of sp³-hybridized carbons (Fsp3) is 0.182. The molecule has 4 aromatic rings. The summed E-state index contributed by atoms with van der Waals surface area (Å²) in [5.74, 6) is 1.92. The number of aromatic nitrogens is 4. The summed E-state index contributed by atoms with van der Waals surface area (Å²) in [6, 6.07) is 20.6. The highest BCUT2D eigenvalue weighted by atomic mass is 32.1. The molecule has 0 aliphatic heterocycles. The Balaban J connectivity index is 1.65. The first-order chi connectivity index (χ1) is 13.2. The summed E-state index contributed by atoms with van der Waals surface area (Å²) in [6.45, 7) is 2.88. The van der Waals surface area contributed by atoms with Crippen LogP contribution in [0.1, 0.15) is 23.3 Å². The van der Waals surface area contributed by atoms with Crippen LogP contribution >= 0.6 is 12.6 Å². The number of thiol groups is 1. The maximum absolute atomic E-state index is 4.92. The SMILES string of the molecule is Cc1nccn1CCC(S)c1nc(-c2ccccc2)c(-c2ccccc2)[nH]1. The van der Waals surface area contributed by atoms with E-state index in [1.165, 1.54) is 0 Å². The van der Waals surface area contributed by atoms with Crippen LogP contribution in [0.3, 0.4) is 0 Å². The molecule has 0 saturated heterocycles. The van der Waals surface area contributed by atoms with Crippen molar-refractivity contribution in [2.24, 2.45) is 0 Å². The minimum Gasteiger partial charge on any atom is -0.341 e. The van der Waals surface area contributed by atoms with E-state index in [1.807, 2.05) is 55.7 Å². The van der Waals surface area contributed by atoms with Crippen molar-refractivity contribution in [2.75, 3.05) is 0 Å². The lowest BCUT2D eigenvalue weighted by Crippen LogP contribution is -2.03. The van der Waals surface area contributed by atoms with Gasteiger partial charge in [-0.2, -0.15) is 12.6 Å². The van der Waals surface area contributed by atoms with Gasteiger partial charge in [-0.05, 0) is 13.3 Å². The van der Waals surface area contributed by atoms with E-state index in [0.717, 1.165) is 47.1 Å². The Morgan fingerprint density at radius 3 is 2.30 bits per heavy atom. The topological polar surface area (TPSA) is 46.5 Å². The molecule has 0 aliphatic carbocycles. The van der Waals surface area contributed by atoms with Gasteiger partial charge < -0.3 is 9.55 Å². The monoisotopic (exact) mass is 374 g/mol. The summed E-state index contributed by atoms with van der Waals surface area (Å²) in [5, 5.41) is 0.0201. The van der Waals surface area contributed by atoms with E-state index < -0.39 is 0 Å². The molecule has 4 nitrogen and oxygen atoms in total. The Kier molecular flexibility index (Phi) is 5.12. The fourth-order valence-corrected chi connectivity index (χ4v) is 3.44. The summed E-state index contributed by atoms with van der Waals surface area (Å²) in [4.78, 5) is 12.7. The number of benzene rings is 2. The van der Waals surface area contributed by atoms with E-state index in [9.17, 15) is 0 Å². The second kappa shape index (κ2) is 7.84. The van der Waals surface area contributed by atoms with Gasteiger partial charge in [0.05, 0.1) is 16.6 Å². The van der Waals surface area contributed by atoms with Gasteiger partial charge in [-0.3, -0.25) is 0 Å². The Labute approximate surface area is 164 Å². The van der Waals surface area contributed by atoms with Crippen molar-refractivity contribution in [1.82, 2.24) is 19.5 Å². The molecular weight excluding hydrogens is 352 g/mol. The second-order valence-electron chi connectivity index (χ2n) is 6.55. The largest absolute Gasteiger partial charge is 0.341 e. The molecule has 0 radical (unpaired) electrons. The number of nitrogens with one attached hydrogen (secondary N) is 1. The van der Waals surface area contributed by atoms with Gasteiger partial charge in [0, 0.05) is 30.1 Å². The van der Waals surface area contributed by atoms with Crippen LogP contribution < -0.4 is 0 Å². The van der Waals surface area contributed by atoms with Gasteiger partial charge in [-0.15, -0.1) is 0 Å². The first-order valence-electron chi connectivity index (χ1n) is 9.09. The molecule has 0 aliphatic rings. The molecule has 136 valence electrons. The quantitative estimate of drug-likeness (QED) is 0.449. The number of hydrogen-bond donors (Lipinski definition) is 2. The molecular formula is C22H22N4S. The molecule has 0 bridgehead atoms. The van der Waals surface area contributed by atoms with Crippen molar-refractivity contribution in [3.8, 4) is 22.5 Å². The van der Waals surface area contributed by atoms with E-state index in [0.29, 0.717) is 0 Å². The zero-order valence-corrected chi connectivity index (χ0v) is 16.1. The van der Waals surface area contributed by atoms with Gasteiger partial charge in [0.2, 0.25) is 0 Å². The fourth-order valence-electron chi connectivity index (χ4n) is 3.21. The lowest BCUT2D eigenvalue weighted by atomic mass is 10.1. The van der Waals surface area contributed by atoms with Crippen LogP contribution in [0, 0.1) is 6.92 Å². The second-order valence-corrected chi connectivity index (χ2v) is 7.17. The van der Waals surface area contributed by atoms with Gasteiger partial charge in [0.15, 0.2) is 0 Å². The smallest absolute Gasteiger partial charge is 0.120 e. The predicted molar refractivity (Wildman–Crippen MR) is 113 cm³/mol. The van der Waals surface area contributed by atoms with E-state index in [4.69, 9.17) is 17.6 Å². The average Bonchev–Trinajstić information content (AvgIpc) is 3.34. The minimum atomic E-state index is 0.0201. The molecule has 27 heavy (non-hydrogen) atoms. The number of aryl methyl sites for hydroxylation is 2. The van der Waals surface area contributed by atoms with Crippen molar-refractivity contribution in [3.63, 3.8) is 0 Å². The van der Waals surface area contributed by atoms with E-state index >= 15 is 0 Å². The Bertz CT molecular complexity index is 948. The zero-order valence-electron chi connectivity index (χ0n) is 15.2. The van der Waals surface area contributed by atoms with Crippen LogP contribution in [-0.4, -0.2) is 19.5 Å². The number of imidazole rings is 2. The normalized spacial score (nSPS) is 12.2. The molecule has 2 heterocycles. The molecule has 0 amide bonds. The molecule has 2 aromatic heterocycles. The summed E-state index contributed by atoms with van der Waals surface area (Å²) in [6.07, 6.45) is 4.70. The summed E-state index contributed by atoms with van der Waals surface area (Å²) in [7, 11) is 0. The lowest BCUT2D eigenvalue weighted by molar-refractivity contribution is 0.611. The van der Waals surface area contributed by atoms with Crippen molar-refractivity contribution in [2.45, 2.75) is 25.1 Å². The van der Waals surface area contributed by atoms with Crippen LogP contribution in [0.5, 0.6) is 0 Å². The summed E-state index contributed by atoms with van der Waals surface area (Å²) < 4.78 is 2.14. The average molecular weight is 375 g/mol. The third kappa shape index (κ3) is 3.83. The van der Waals surface area contributed by atoms with Crippen LogP contribution in [0.2, 0.25) is 0 Å². The Morgan fingerprint density at radius 1 is 1.00 bits per heavy atom. The minimum absolute atomic E-state index is 0.0201. The molecule has 4 rings (SSSR count). The highest BCUT2D eigenvalue weighted by Crippen LogP contribution is 2.33. The first kappa shape index (κ1) is 17.6. The van der Waals surface area contributed by atoms with Crippen LogP contribution in [0.15, 0.2) is 73.1 Å². The molecule has 0 saturated carbocycles. The van der Waals surface area contributed by atoms with Crippen LogP contribution in [0.4, 0.5) is 0 Å². The summed E-state index contributed by atoms with van der Waals surface area (Å²) >= 11 is 4.82. The molecule has 1 unspecified atom stereocenters. The molecule has 1 atom stereocenters. The van der Waals surface area contributed by atoms with Crippen molar-refractivity contribution < 1.29 is 0 Å². The van der Waals surface area contributed by atoms with E-state index in [2.05, 4.69) is 38.8 Å². The molecule has 5 heteroatoms. The molecule has 0 spiro atoms. The van der Waals surface area contributed by atoms with E-state index in [1.54, 1.807) is 0 Å². The van der Waals surface area contributed by atoms with Gasteiger partial charge in [0.25, 0.3) is 0 Å². The van der Waals surface area contributed by atoms with Crippen molar-refractivity contribution in [1.29, 1.82) is 0 Å². The van der Waals surface area contributed by atoms with E-state index in [-0.39, 0.29) is 5.25 Å².